The van der Waals surface area contributed by atoms with E-state index in [1.165, 1.54) is 0 Å². The number of amides is 1. The Morgan fingerprint density at radius 1 is 1.05 bits per heavy atom. The fourth-order valence-electron chi connectivity index (χ4n) is 1.74. The number of hydrazine groups is 1. The number of nitrogens with two attached hydrogens (primary N) is 1. The summed E-state index contributed by atoms with van der Waals surface area (Å²) in [6, 6.07) is 18.3. The standard InChI is InChI=1S/C15H16N4O/c16-15(17)19(14(20)13-9-5-2-6-10-13)18-11-12-7-3-1-4-8-12/h1-10,18H,11H2,(H3,16,17). The van der Waals surface area contributed by atoms with E-state index in [0.717, 1.165) is 10.6 Å². The highest BCUT2D eigenvalue weighted by atomic mass is 16.2. The van der Waals surface area contributed by atoms with Crippen LogP contribution < -0.4 is 11.2 Å². The van der Waals surface area contributed by atoms with Crippen LogP contribution >= 0.6 is 0 Å². The van der Waals surface area contributed by atoms with Gasteiger partial charge in [-0.1, -0.05) is 48.5 Å². The summed E-state index contributed by atoms with van der Waals surface area (Å²) in [5.74, 6) is -0.691. The molecule has 4 N–H and O–H groups in total. The Hall–Kier alpha value is -2.66. The maximum Gasteiger partial charge on any atom is 0.275 e. The maximum atomic E-state index is 12.3. The zero-order chi connectivity index (χ0) is 14.4. The van der Waals surface area contributed by atoms with E-state index in [1.807, 2.05) is 36.4 Å². The van der Waals surface area contributed by atoms with E-state index in [1.54, 1.807) is 24.3 Å². The van der Waals surface area contributed by atoms with Crippen molar-refractivity contribution in [3.05, 3.63) is 71.8 Å². The van der Waals surface area contributed by atoms with Crippen LogP contribution in [0.25, 0.3) is 0 Å². The van der Waals surface area contributed by atoms with E-state index in [0.29, 0.717) is 12.1 Å². The van der Waals surface area contributed by atoms with Crippen LogP contribution in [0.2, 0.25) is 0 Å². The number of hydrogen-bond acceptors (Lipinski definition) is 3. The summed E-state index contributed by atoms with van der Waals surface area (Å²) in [5, 5.41) is 8.56. The number of hydrogen-bond donors (Lipinski definition) is 3. The van der Waals surface area contributed by atoms with Crippen molar-refractivity contribution in [2.24, 2.45) is 5.73 Å². The first-order valence-corrected chi connectivity index (χ1v) is 6.19. The zero-order valence-electron chi connectivity index (χ0n) is 10.9. The highest BCUT2D eigenvalue weighted by molar-refractivity contribution is 6.03. The average molecular weight is 268 g/mol. The van der Waals surface area contributed by atoms with Crippen molar-refractivity contribution >= 4 is 11.9 Å². The summed E-state index contributed by atoms with van der Waals surface area (Å²) in [6.07, 6.45) is 0. The molecule has 102 valence electrons. The van der Waals surface area contributed by atoms with Gasteiger partial charge in [0.25, 0.3) is 5.91 Å². The van der Waals surface area contributed by atoms with E-state index in [4.69, 9.17) is 11.1 Å². The first-order valence-electron chi connectivity index (χ1n) is 6.19. The second-order valence-electron chi connectivity index (χ2n) is 4.21. The quantitative estimate of drug-likeness (QED) is 0.448. The molecule has 5 nitrogen and oxygen atoms in total. The number of benzene rings is 2. The Bertz CT molecular complexity index is 583. The Balaban J connectivity index is 2.08. The monoisotopic (exact) mass is 268 g/mol. The molecule has 20 heavy (non-hydrogen) atoms. The van der Waals surface area contributed by atoms with Gasteiger partial charge in [0, 0.05) is 12.1 Å². The Labute approximate surface area is 117 Å². The molecular weight excluding hydrogens is 252 g/mol. The van der Waals surface area contributed by atoms with Gasteiger partial charge in [-0.25, -0.2) is 10.4 Å². The number of carbonyl (C=O) groups is 1. The SMILES string of the molecule is N=C(N)N(NCc1ccccc1)C(=O)c1ccccc1. The summed E-state index contributed by atoms with van der Waals surface area (Å²) in [7, 11) is 0. The van der Waals surface area contributed by atoms with E-state index >= 15 is 0 Å². The van der Waals surface area contributed by atoms with Gasteiger partial charge in [-0.15, -0.1) is 0 Å². The Morgan fingerprint density at radius 2 is 1.60 bits per heavy atom. The minimum Gasteiger partial charge on any atom is -0.369 e. The molecule has 0 saturated heterocycles. The van der Waals surface area contributed by atoms with Crippen molar-refractivity contribution in [1.29, 1.82) is 5.41 Å². The molecule has 2 aromatic carbocycles. The molecule has 0 bridgehead atoms. The highest BCUT2D eigenvalue weighted by Crippen LogP contribution is 2.04. The lowest BCUT2D eigenvalue weighted by Gasteiger charge is -2.21. The molecule has 0 unspecified atom stereocenters. The van der Waals surface area contributed by atoms with Crippen LogP contribution in [0.4, 0.5) is 0 Å². The van der Waals surface area contributed by atoms with Crippen LogP contribution in [0, 0.1) is 5.41 Å². The second kappa shape index (κ2) is 6.49. The molecule has 0 radical (unpaired) electrons. The normalized spacial score (nSPS) is 10.0. The Kier molecular flexibility index (Phi) is 4.47. The molecule has 5 heteroatoms. The molecule has 0 spiro atoms. The third-order valence-electron chi connectivity index (χ3n) is 2.75. The third-order valence-corrected chi connectivity index (χ3v) is 2.75. The first-order chi connectivity index (χ1) is 9.68. The van der Waals surface area contributed by atoms with E-state index in [2.05, 4.69) is 5.43 Å². The lowest BCUT2D eigenvalue weighted by atomic mass is 10.2. The number of carbonyl (C=O) groups excluding carboxylic acids is 1. The molecule has 0 aliphatic rings. The zero-order valence-corrected chi connectivity index (χ0v) is 10.9. The molecule has 0 atom stereocenters. The number of guanidine groups is 1. The molecule has 0 saturated carbocycles. The minimum atomic E-state index is -0.353. The molecule has 1 amide bonds. The highest BCUT2D eigenvalue weighted by Gasteiger charge is 2.17. The molecule has 0 aliphatic heterocycles. The van der Waals surface area contributed by atoms with Gasteiger partial charge in [-0.2, -0.15) is 0 Å². The molecule has 2 rings (SSSR count). The topological polar surface area (TPSA) is 82.2 Å². The Morgan fingerprint density at radius 3 is 2.15 bits per heavy atom. The van der Waals surface area contributed by atoms with Crippen LogP contribution in [-0.2, 0) is 6.54 Å². The summed E-state index contributed by atoms with van der Waals surface area (Å²) in [5.41, 5.74) is 9.81. The number of rotatable bonds is 4. The van der Waals surface area contributed by atoms with E-state index in [9.17, 15) is 4.79 Å². The van der Waals surface area contributed by atoms with Gasteiger partial charge in [0.1, 0.15) is 0 Å². The van der Waals surface area contributed by atoms with Gasteiger partial charge in [0.05, 0.1) is 0 Å². The van der Waals surface area contributed by atoms with Crippen LogP contribution in [-0.4, -0.2) is 16.9 Å². The lowest BCUT2D eigenvalue weighted by Crippen LogP contribution is -2.49. The summed E-state index contributed by atoms with van der Waals surface area (Å²) < 4.78 is 0. The van der Waals surface area contributed by atoms with Gasteiger partial charge in [-0.05, 0) is 17.7 Å². The van der Waals surface area contributed by atoms with Crippen LogP contribution in [0.15, 0.2) is 60.7 Å². The van der Waals surface area contributed by atoms with Crippen LogP contribution in [0.1, 0.15) is 15.9 Å². The summed E-state index contributed by atoms with van der Waals surface area (Å²) in [6.45, 7) is 0.416. The van der Waals surface area contributed by atoms with E-state index in [-0.39, 0.29) is 11.9 Å². The van der Waals surface area contributed by atoms with Crippen molar-refractivity contribution in [3.8, 4) is 0 Å². The summed E-state index contributed by atoms with van der Waals surface area (Å²) >= 11 is 0. The molecule has 0 heterocycles. The van der Waals surface area contributed by atoms with Crippen molar-refractivity contribution in [3.63, 3.8) is 0 Å². The predicted molar refractivity (Wildman–Crippen MR) is 77.8 cm³/mol. The smallest absolute Gasteiger partial charge is 0.275 e. The molecule has 0 aromatic heterocycles. The van der Waals surface area contributed by atoms with Crippen molar-refractivity contribution < 1.29 is 4.79 Å². The van der Waals surface area contributed by atoms with E-state index < -0.39 is 0 Å². The van der Waals surface area contributed by atoms with Crippen LogP contribution in [0.3, 0.4) is 0 Å². The largest absolute Gasteiger partial charge is 0.369 e. The van der Waals surface area contributed by atoms with Crippen molar-refractivity contribution in [1.82, 2.24) is 10.4 Å². The first kappa shape index (κ1) is 13.8. The van der Waals surface area contributed by atoms with Gasteiger partial charge in [0.2, 0.25) is 5.96 Å². The van der Waals surface area contributed by atoms with Crippen LogP contribution in [0.5, 0.6) is 0 Å². The number of nitrogens with one attached hydrogen (secondary N) is 2. The van der Waals surface area contributed by atoms with Crippen molar-refractivity contribution in [2.75, 3.05) is 0 Å². The molecule has 0 fully saturated rings. The van der Waals surface area contributed by atoms with Crippen molar-refractivity contribution in [2.45, 2.75) is 6.54 Å². The third kappa shape index (κ3) is 3.43. The molecular formula is C15H16N4O. The molecule has 0 aliphatic carbocycles. The van der Waals surface area contributed by atoms with Gasteiger partial charge >= 0.3 is 0 Å². The predicted octanol–water partition coefficient (Wildman–Crippen LogP) is 1.73. The van der Waals surface area contributed by atoms with Gasteiger partial charge in [0.15, 0.2) is 0 Å². The second-order valence-corrected chi connectivity index (χ2v) is 4.21. The minimum absolute atomic E-state index is 0.338. The summed E-state index contributed by atoms with van der Waals surface area (Å²) in [4.78, 5) is 12.3. The van der Waals surface area contributed by atoms with Gasteiger partial charge in [-0.3, -0.25) is 10.2 Å². The maximum absolute atomic E-state index is 12.3. The molecule has 2 aromatic rings. The number of nitrogens with zero attached hydrogens (tertiary/aromatic N) is 1. The van der Waals surface area contributed by atoms with Gasteiger partial charge < -0.3 is 5.73 Å². The lowest BCUT2D eigenvalue weighted by molar-refractivity contribution is 0.0784. The fourth-order valence-corrected chi connectivity index (χ4v) is 1.74. The average Bonchev–Trinajstić information content (AvgIpc) is 2.49. The fraction of sp³-hybridized carbons (Fsp3) is 0.0667.